The number of hydrogen-bond donors (Lipinski definition) is 2. The van der Waals surface area contributed by atoms with Gasteiger partial charge in [-0.05, 0) is 83.7 Å². The van der Waals surface area contributed by atoms with Crippen LogP contribution in [0, 0.1) is 5.92 Å². The van der Waals surface area contributed by atoms with E-state index >= 15 is 0 Å². The molecule has 2 aliphatic rings. The average molecular weight is 521 g/mol. The van der Waals surface area contributed by atoms with Crippen molar-refractivity contribution in [1.29, 1.82) is 0 Å². The molecule has 2 N–H and O–H groups in total. The van der Waals surface area contributed by atoms with Crippen molar-refractivity contribution in [3.8, 4) is 0 Å². The number of rotatable bonds is 6. The smallest absolute Gasteiger partial charge is 0.407 e. The molecular weight excluding hydrogens is 480 g/mol. The van der Waals surface area contributed by atoms with E-state index in [0.29, 0.717) is 11.9 Å². The van der Waals surface area contributed by atoms with Crippen molar-refractivity contribution >= 4 is 34.4 Å². The molecule has 0 unspecified atom stereocenters. The van der Waals surface area contributed by atoms with Crippen LogP contribution in [0.5, 0.6) is 0 Å². The summed E-state index contributed by atoms with van der Waals surface area (Å²) in [7, 11) is 2.17. The summed E-state index contributed by atoms with van der Waals surface area (Å²) >= 11 is 0. The second-order valence-electron chi connectivity index (χ2n) is 11.6. The number of carbonyl (C=O) groups excluding carboxylic acids is 1. The van der Waals surface area contributed by atoms with Crippen LogP contribution in [-0.2, 0) is 11.3 Å². The Balaban J connectivity index is 1.16. The number of fused-ring (bicyclic) bond motifs is 1. The maximum absolute atomic E-state index is 12.1. The Hall–Kier alpha value is -3.40. The van der Waals surface area contributed by atoms with Gasteiger partial charge in [-0.1, -0.05) is 0 Å². The van der Waals surface area contributed by atoms with Gasteiger partial charge in [-0.3, -0.25) is 0 Å². The predicted octanol–water partition coefficient (Wildman–Crippen LogP) is 4.41. The van der Waals surface area contributed by atoms with Crippen LogP contribution in [0.3, 0.4) is 0 Å². The highest BCUT2D eigenvalue weighted by Gasteiger charge is 2.25. The number of carbonyl (C=O) groups is 1. The lowest BCUT2D eigenvalue weighted by atomic mass is 9.86. The summed E-state index contributed by atoms with van der Waals surface area (Å²) in [6.07, 6.45) is 7.26. The number of hydrogen-bond acceptors (Lipinski definition) is 8. The van der Waals surface area contributed by atoms with Gasteiger partial charge in [0.05, 0.1) is 11.6 Å². The molecule has 204 valence electrons. The van der Waals surface area contributed by atoms with Gasteiger partial charge >= 0.3 is 6.09 Å². The maximum Gasteiger partial charge on any atom is 0.407 e. The number of alkyl carbamates (subject to hydrolysis) is 1. The Bertz CT molecular complexity index is 1220. The van der Waals surface area contributed by atoms with E-state index in [1.54, 1.807) is 0 Å². The summed E-state index contributed by atoms with van der Waals surface area (Å²) in [6.45, 7) is 10.7. The molecule has 1 aromatic carbocycles. The number of benzene rings is 1. The molecule has 2 aromatic heterocycles. The molecular formula is C28H40N8O2. The number of nitrogens with zero attached hydrogens (tertiary/aromatic N) is 6. The normalized spacial score (nSPS) is 20.9. The number of amides is 1. The van der Waals surface area contributed by atoms with Crippen LogP contribution >= 0.6 is 0 Å². The molecule has 1 saturated carbocycles. The minimum atomic E-state index is -0.480. The molecule has 38 heavy (non-hydrogen) atoms. The van der Waals surface area contributed by atoms with Gasteiger partial charge in [-0.2, -0.15) is 10.1 Å². The number of piperazine rings is 1. The monoisotopic (exact) mass is 520 g/mol. The molecule has 2 fully saturated rings. The fourth-order valence-corrected chi connectivity index (χ4v) is 5.22. The molecule has 1 saturated heterocycles. The fourth-order valence-electron chi connectivity index (χ4n) is 5.22. The lowest BCUT2D eigenvalue weighted by Gasteiger charge is -2.34. The van der Waals surface area contributed by atoms with Gasteiger partial charge in [-0.25, -0.2) is 14.5 Å². The number of anilines is 3. The van der Waals surface area contributed by atoms with E-state index in [9.17, 15) is 4.79 Å². The summed E-state index contributed by atoms with van der Waals surface area (Å²) in [6, 6.07) is 8.65. The van der Waals surface area contributed by atoms with Crippen molar-refractivity contribution in [3.05, 3.63) is 36.7 Å². The Labute approximate surface area is 224 Å². The molecule has 0 radical (unpaired) electrons. The van der Waals surface area contributed by atoms with Gasteiger partial charge in [0.25, 0.3) is 0 Å². The number of ether oxygens (including phenoxy) is 1. The third-order valence-corrected chi connectivity index (χ3v) is 7.37. The van der Waals surface area contributed by atoms with E-state index in [1.807, 2.05) is 37.8 Å². The van der Waals surface area contributed by atoms with E-state index in [0.717, 1.165) is 75.1 Å². The Kier molecular flexibility index (Phi) is 7.69. The highest BCUT2D eigenvalue weighted by atomic mass is 16.6. The van der Waals surface area contributed by atoms with Crippen molar-refractivity contribution in [2.24, 2.45) is 5.92 Å². The molecule has 0 atom stereocenters. The molecule has 5 rings (SSSR count). The molecule has 3 aromatic rings. The minimum absolute atomic E-state index is 0.163. The van der Waals surface area contributed by atoms with Crippen molar-refractivity contribution in [3.63, 3.8) is 0 Å². The van der Waals surface area contributed by atoms with Crippen LogP contribution in [0.4, 0.5) is 22.1 Å². The lowest BCUT2D eigenvalue weighted by Crippen LogP contribution is -2.44. The second-order valence-corrected chi connectivity index (χ2v) is 11.6. The van der Waals surface area contributed by atoms with Gasteiger partial charge in [0.15, 0.2) is 5.65 Å². The zero-order chi connectivity index (χ0) is 26.7. The van der Waals surface area contributed by atoms with Crippen LogP contribution in [0.2, 0.25) is 0 Å². The molecule has 0 bridgehead atoms. The first kappa shape index (κ1) is 26.2. The number of nitrogens with one attached hydrogen (secondary N) is 2. The van der Waals surface area contributed by atoms with Crippen LogP contribution in [-0.4, -0.2) is 75.6 Å². The van der Waals surface area contributed by atoms with E-state index in [1.165, 1.54) is 5.69 Å². The van der Waals surface area contributed by atoms with Gasteiger partial charge < -0.3 is 25.2 Å². The molecule has 3 heterocycles. The quantitative estimate of drug-likeness (QED) is 0.493. The van der Waals surface area contributed by atoms with Crippen molar-refractivity contribution in [1.82, 2.24) is 30.0 Å². The first-order chi connectivity index (χ1) is 18.2. The van der Waals surface area contributed by atoms with Crippen LogP contribution in [0.1, 0.15) is 46.5 Å². The number of aromatic nitrogens is 4. The van der Waals surface area contributed by atoms with Crippen LogP contribution < -0.4 is 15.5 Å². The van der Waals surface area contributed by atoms with Crippen molar-refractivity contribution in [2.75, 3.05) is 43.4 Å². The highest BCUT2D eigenvalue weighted by Crippen LogP contribution is 2.27. The lowest BCUT2D eigenvalue weighted by molar-refractivity contribution is 0.0486. The third-order valence-electron chi connectivity index (χ3n) is 7.37. The van der Waals surface area contributed by atoms with Gasteiger partial charge in [0, 0.05) is 56.3 Å². The Morgan fingerprint density at radius 2 is 1.74 bits per heavy atom. The second kappa shape index (κ2) is 11.1. The molecule has 10 nitrogen and oxygen atoms in total. The summed E-state index contributed by atoms with van der Waals surface area (Å²) in [5.74, 6) is 1.06. The van der Waals surface area contributed by atoms with Gasteiger partial charge in [0.1, 0.15) is 5.60 Å². The zero-order valence-electron chi connectivity index (χ0n) is 23.0. The number of likely N-dealkylation sites (N-methyl/N-ethyl adjacent to an activating group) is 1. The SMILES string of the molecule is CN1CCN(c2ccc(Nc3ncc4cnn(CC5CCC(NC(=O)OC(C)(C)C)CC5)c4n3)cc2)CC1. The minimum Gasteiger partial charge on any atom is -0.444 e. The van der Waals surface area contributed by atoms with Crippen LogP contribution in [0.15, 0.2) is 36.7 Å². The topological polar surface area (TPSA) is 100 Å². The standard InChI is InChI=1S/C28H40N8O2/c1-28(2,3)38-27(37)32-23-7-5-20(6-8-23)19-36-25-21(18-30-36)17-29-26(33-25)31-22-9-11-24(12-10-22)35-15-13-34(4)14-16-35/h9-12,17-18,20,23H,5-8,13-16,19H2,1-4H3,(H,32,37)(H,29,31,33). The third kappa shape index (κ3) is 6.72. The van der Waals surface area contributed by atoms with E-state index < -0.39 is 5.60 Å². The first-order valence-corrected chi connectivity index (χ1v) is 13.7. The molecule has 1 aliphatic heterocycles. The van der Waals surface area contributed by atoms with E-state index in [-0.39, 0.29) is 12.1 Å². The summed E-state index contributed by atoms with van der Waals surface area (Å²) < 4.78 is 7.39. The van der Waals surface area contributed by atoms with E-state index in [2.05, 4.69) is 61.8 Å². The van der Waals surface area contributed by atoms with Crippen molar-refractivity contribution in [2.45, 2.75) is 64.6 Å². The van der Waals surface area contributed by atoms with Crippen LogP contribution in [0.25, 0.3) is 11.0 Å². The largest absolute Gasteiger partial charge is 0.444 e. The molecule has 10 heteroatoms. The Morgan fingerprint density at radius 1 is 1.03 bits per heavy atom. The Morgan fingerprint density at radius 3 is 2.42 bits per heavy atom. The maximum atomic E-state index is 12.1. The first-order valence-electron chi connectivity index (χ1n) is 13.7. The zero-order valence-corrected chi connectivity index (χ0v) is 23.0. The summed E-state index contributed by atoms with van der Waals surface area (Å²) in [4.78, 5) is 26.2. The molecule has 1 aliphatic carbocycles. The summed E-state index contributed by atoms with van der Waals surface area (Å²) in [5, 5.41) is 11.9. The average Bonchev–Trinajstić information content (AvgIpc) is 3.27. The fraction of sp³-hybridized carbons (Fsp3) is 0.571. The summed E-state index contributed by atoms with van der Waals surface area (Å²) in [5.41, 5.74) is 2.57. The molecule has 0 spiro atoms. The van der Waals surface area contributed by atoms with Gasteiger partial charge in [-0.15, -0.1) is 0 Å². The molecule has 1 amide bonds. The highest BCUT2D eigenvalue weighted by molar-refractivity contribution is 5.75. The van der Waals surface area contributed by atoms with Crippen molar-refractivity contribution < 1.29 is 9.53 Å². The predicted molar refractivity (Wildman–Crippen MR) is 150 cm³/mol. The van der Waals surface area contributed by atoms with Gasteiger partial charge in [0.2, 0.25) is 5.95 Å². The van der Waals surface area contributed by atoms with E-state index in [4.69, 9.17) is 9.72 Å².